The molecule has 1 heterocycles. The summed E-state index contributed by atoms with van der Waals surface area (Å²) in [6, 6.07) is 6.67. The Kier molecular flexibility index (Phi) is 10.9. The van der Waals surface area contributed by atoms with Crippen LogP contribution in [0, 0.1) is 0 Å². The third-order valence-corrected chi connectivity index (χ3v) is 5.36. The predicted octanol–water partition coefficient (Wildman–Crippen LogP) is 3.53. The lowest BCUT2D eigenvalue weighted by atomic mass is 10.0. The van der Waals surface area contributed by atoms with Crippen LogP contribution in [-0.4, -0.2) is 61.3 Å². The van der Waals surface area contributed by atoms with Crippen molar-refractivity contribution in [2.24, 2.45) is 4.99 Å². The zero-order valence-corrected chi connectivity index (χ0v) is 18.1. The van der Waals surface area contributed by atoms with Crippen LogP contribution in [0.3, 0.4) is 0 Å². The summed E-state index contributed by atoms with van der Waals surface area (Å²) in [5, 5.41) is 16.8. The van der Waals surface area contributed by atoms with Crippen molar-refractivity contribution in [1.82, 2.24) is 15.5 Å². The quantitative estimate of drug-likeness (QED) is 0.287. The van der Waals surface area contributed by atoms with Crippen LogP contribution in [0.2, 0.25) is 0 Å². The van der Waals surface area contributed by atoms with Gasteiger partial charge in [-0.3, -0.25) is 4.99 Å². The number of piperidine rings is 1. The highest BCUT2D eigenvalue weighted by Gasteiger charge is 2.17. The Labute approximate surface area is 178 Å². The van der Waals surface area contributed by atoms with Gasteiger partial charge < -0.3 is 25.4 Å². The van der Waals surface area contributed by atoms with Crippen molar-refractivity contribution < 1.29 is 18.6 Å². The van der Waals surface area contributed by atoms with Crippen molar-refractivity contribution in [3.05, 3.63) is 29.8 Å². The highest BCUT2D eigenvalue weighted by atomic mass is 19.3. The van der Waals surface area contributed by atoms with Gasteiger partial charge in [-0.05, 0) is 70.3 Å². The lowest BCUT2D eigenvalue weighted by Gasteiger charge is -2.33. The van der Waals surface area contributed by atoms with E-state index in [1.54, 1.807) is 12.1 Å². The second kappa shape index (κ2) is 13.4. The number of rotatable bonds is 11. The number of alkyl halides is 2. The number of guanidine groups is 1. The monoisotopic (exact) mass is 426 g/mol. The van der Waals surface area contributed by atoms with Crippen LogP contribution in [0.1, 0.15) is 57.6 Å². The molecule has 1 fully saturated rings. The highest BCUT2D eigenvalue weighted by molar-refractivity contribution is 5.79. The van der Waals surface area contributed by atoms with Crippen LogP contribution in [-0.2, 0) is 0 Å². The zero-order valence-electron chi connectivity index (χ0n) is 18.1. The maximum Gasteiger partial charge on any atom is 0.387 e. The lowest BCUT2D eigenvalue weighted by Crippen LogP contribution is -2.39. The minimum atomic E-state index is -2.86. The van der Waals surface area contributed by atoms with E-state index in [1.807, 2.05) is 6.92 Å². The molecule has 0 amide bonds. The van der Waals surface area contributed by atoms with Gasteiger partial charge in [-0.15, -0.1) is 0 Å². The van der Waals surface area contributed by atoms with Crippen LogP contribution in [0.5, 0.6) is 5.75 Å². The molecule has 0 bridgehead atoms. The largest absolute Gasteiger partial charge is 0.435 e. The van der Waals surface area contributed by atoms with Gasteiger partial charge in [-0.1, -0.05) is 18.6 Å². The Morgan fingerprint density at radius 1 is 1.23 bits per heavy atom. The highest BCUT2D eigenvalue weighted by Crippen LogP contribution is 2.19. The normalized spacial score (nSPS) is 19.0. The molecule has 0 radical (unpaired) electrons. The summed E-state index contributed by atoms with van der Waals surface area (Å²) in [5.74, 6) is 0.735. The summed E-state index contributed by atoms with van der Waals surface area (Å²) < 4.78 is 28.8. The fourth-order valence-electron chi connectivity index (χ4n) is 3.63. The average molecular weight is 427 g/mol. The number of halogens is 2. The van der Waals surface area contributed by atoms with Crippen LogP contribution < -0.4 is 15.4 Å². The van der Waals surface area contributed by atoms with E-state index >= 15 is 0 Å². The minimum absolute atomic E-state index is 0.0680. The molecule has 2 rings (SSSR count). The van der Waals surface area contributed by atoms with E-state index in [-0.39, 0.29) is 12.3 Å². The molecule has 0 aliphatic carbocycles. The van der Waals surface area contributed by atoms with E-state index in [4.69, 9.17) is 0 Å². The Balaban J connectivity index is 1.73. The summed E-state index contributed by atoms with van der Waals surface area (Å²) >= 11 is 0. The number of benzene rings is 1. The number of aliphatic hydroxyl groups excluding tert-OH is 1. The molecule has 0 spiro atoms. The molecule has 1 saturated heterocycles. The van der Waals surface area contributed by atoms with E-state index in [9.17, 15) is 13.9 Å². The van der Waals surface area contributed by atoms with Gasteiger partial charge in [0.25, 0.3) is 0 Å². The average Bonchev–Trinajstić information content (AvgIpc) is 2.72. The molecule has 0 saturated carbocycles. The summed E-state index contributed by atoms with van der Waals surface area (Å²) in [6.07, 6.45) is 5.35. The number of nitrogens with one attached hydrogen (secondary N) is 2. The number of hydrogen-bond acceptors (Lipinski definition) is 4. The molecule has 8 heteroatoms. The van der Waals surface area contributed by atoms with Gasteiger partial charge in [0, 0.05) is 19.1 Å². The summed E-state index contributed by atoms with van der Waals surface area (Å²) in [4.78, 5) is 7.02. The number of likely N-dealkylation sites (tertiary alicyclic amines) is 1. The maximum atomic E-state index is 12.2. The first-order chi connectivity index (χ1) is 14.5. The summed E-state index contributed by atoms with van der Waals surface area (Å²) in [5.41, 5.74) is 0.604. The van der Waals surface area contributed by atoms with E-state index in [0.29, 0.717) is 17.6 Å². The van der Waals surface area contributed by atoms with Crippen LogP contribution in [0.4, 0.5) is 8.78 Å². The molecule has 30 heavy (non-hydrogen) atoms. The van der Waals surface area contributed by atoms with Gasteiger partial charge in [0.2, 0.25) is 0 Å². The standard InChI is InChI=1S/C22H36F2N4O2/c1-3-25-22(26-13-5-7-15-28-14-6-4-8-17(28)2)27-16-20(29)18-9-11-19(12-10-18)30-21(23)24/h9-12,17,20-21,29H,3-8,13-16H2,1-2H3,(H2,25,26,27). The topological polar surface area (TPSA) is 69.1 Å². The molecule has 1 aliphatic rings. The van der Waals surface area contributed by atoms with Crippen molar-refractivity contribution in [3.63, 3.8) is 0 Å². The third kappa shape index (κ3) is 8.83. The molecule has 3 N–H and O–H groups in total. The number of aliphatic imine (C=N–C) groups is 1. The summed E-state index contributed by atoms with van der Waals surface area (Å²) in [7, 11) is 0. The Bertz CT molecular complexity index is 628. The fourth-order valence-corrected chi connectivity index (χ4v) is 3.63. The zero-order chi connectivity index (χ0) is 21.8. The molecule has 1 aromatic carbocycles. The smallest absolute Gasteiger partial charge is 0.387 e. The number of ether oxygens (including phenoxy) is 1. The van der Waals surface area contributed by atoms with Gasteiger partial charge in [-0.2, -0.15) is 8.78 Å². The molecule has 170 valence electrons. The van der Waals surface area contributed by atoms with Gasteiger partial charge in [0.1, 0.15) is 5.75 Å². The Hall–Kier alpha value is -1.93. The van der Waals surface area contributed by atoms with E-state index in [2.05, 4.69) is 32.2 Å². The molecule has 6 nitrogen and oxygen atoms in total. The first-order valence-electron chi connectivity index (χ1n) is 11.0. The maximum absolute atomic E-state index is 12.2. The van der Waals surface area contributed by atoms with Gasteiger partial charge in [-0.25, -0.2) is 0 Å². The first-order valence-corrected chi connectivity index (χ1v) is 11.0. The number of hydrogen-bond donors (Lipinski definition) is 3. The van der Waals surface area contributed by atoms with E-state index in [1.165, 1.54) is 37.9 Å². The molecular weight excluding hydrogens is 390 g/mol. The van der Waals surface area contributed by atoms with E-state index in [0.717, 1.165) is 32.5 Å². The Morgan fingerprint density at radius 3 is 2.67 bits per heavy atom. The molecule has 1 aromatic rings. The summed E-state index contributed by atoms with van der Waals surface area (Å²) in [6.45, 7) is 5.53. The number of nitrogens with zero attached hydrogens (tertiary/aromatic N) is 2. The van der Waals surface area contributed by atoms with Crippen molar-refractivity contribution in [2.45, 2.75) is 64.7 Å². The predicted molar refractivity (Wildman–Crippen MR) is 116 cm³/mol. The lowest BCUT2D eigenvalue weighted by molar-refractivity contribution is -0.0498. The van der Waals surface area contributed by atoms with Crippen molar-refractivity contribution >= 4 is 5.96 Å². The van der Waals surface area contributed by atoms with Crippen molar-refractivity contribution in [3.8, 4) is 5.75 Å². The van der Waals surface area contributed by atoms with Crippen LogP contribution >= 0.6 is 0 Å². The van der Waals surface area contributed by atoms with Crippen LogP contribution in [0.15, 0.2) is 29.3 Å². The minimum Gasteiger partial charge on any atom is -0.435 e. The first kappa shape index (κ1) is 24.3. The van der Waals surface area contributed by atoms with Gasteiger partial charge in [0.05, 0.1) is 12.6 Å². The Morgan fingerprint density at radius 2 is 2.00 bits per heavy atom. The second-order valence-electron chi connectivity index (χ2n) is 7.70. The van der Waals surface area contributed by atoms with Gasteiger partial charge >= 0.3 is 6.61 Å². The second-order valence-corrected chi connectivity index (χ2v) is 7.70. The molecule has 2 atom stereocenters. The molecule has 0 aromatic heterocycles. The van der Waals surface area contributed by atoms with Crippen molar-refractivity contribution in [2.75, 3.05) is 32.7 Å². The fraction of sp³-hybridized carbons (Fsp3) is 0.682. The molecular formula is C22H36F2N4O2. The molecule has 2 unspecified atom stereocenters. The van der Waals surface area contributed by atoms with Crippen molar-refractivity contribution in [1.29, 1.82) is 0 Å². The third-order valence-electron chi connectivity index (χ3n) is 5.36. The molecule has 1 aliphatic heterocycles. The SMILES string of the molecule is CCNC(=NCC(O)c1ccc(OC(F)F)cc1)NCCCCN1CCCCC1C. The number of unbranched alkanes of at least 4 members (excludes halogenated alkanes) is 1. The van der Waals surface area contributed by atoms with E-state index < -0.39 is 12.7 Å². The van der Waals surface area contributed by atoms with Gasteiger partial charge in [0.15, 0.2) is 5.96 Å². The van der Waals surface area contributed by atoms with Crippen LogP contribution in [0.25, 0.3) is 0 Å². The number of aliphatic hydroxyl groups is 1.